The summed E-state index contributed by atoms with van der Waals surface area (Å²) in [5, 5.41) is 13.5. The van der Waals surface area contributed by atoms with Gasteiger partial charge in [-0.05, 0) is 25.0 Å². The van der Waals surface area contributed by atoms with Crippen LogP contribution in [0.2, 0.25) is 0 Å². The average Bonchev–Trinajstić information content (AvgIpc) is 3.36. The lowest BCUT2D eigenvalue weighted by Gasteiger charge is -2.31. The van der Waals surface area contributed by atoms with Crippen molar-refractivity contribution in [3.8, 4) is 0 Å². The first-order chi connectivity index (χ1) is 12.9. The van der Waals surface area contributed by atoms with Crippen molar-refractivity contribution in [2.24, 2.45) is 5.41 Å². The lowest BCUT2D eigenvalue weighted by molar-refractivity contribution is -0.116. The summed E-state index contributed by atoms with van der Waals surface area (Å²) < 4.78 is 32.7. The fourth-order valence-corrected chi connectivity index (χ4v) is 2.88. The quantitative estimate of drug-likeness (QED) is 0.387. The molecule has 0 aromatic heterocycles. The highest BCUT2D eigenvalue weighted by molar-refractivity contribution is 6.05. The van der Waals surface area contributed by atoms with Gasteiger partial charge in [0.2, 0.25) is 5.76 Å². The predicted octanol–water partition coefficient (Wildman–Crippen LogP) is 2.49. The largest absolute Gasteiger partial charge is 0.486 e. The summed E-state index contributed by atoms with van der Waals surface area (Å²) in [5.41, 5.74) is 0.406. The summed E-state index contributed by atoms with van der Waals surface area (Å²) in [4.78, 5) is 14.7. The number of rotatable bonds is 7. The molecule has 3 rings (SSSR count). The van der Waals surface area contributed by atoms with E-state index in [1.165, 1.54) is 0 Å². The summed E-state index contributed by atoms with van der Waals surface area (Å²) in [6, 6.07) is 2.81. The molecule has 1 aromatic rings. The third kappa shape index (κ3) is 5.03. The first-order valence-electron chi connectivity index (χ1n) is 9.01. The first-order valence-corrected chi connectivity index (χ1v) is 9.01. The number of hydrogen-bond donors (Lipinski definition) is 3. The van der Waals surface area contributed by atoms with Crippen molar-refractivity contribution in [2.45, 2.75) is 19.8 Å². The Kier molecular flexibility index (Phi) is 5.74. The molecule has 1 aliphatic carbocycles. The molecule has 8 heteroatoms. The number of piperazine rings is 1. The second kappa shape index (κ2) is 8.04. The Morgan fingerprint density at radius 1 is 1.30 bits per heavy atom. The zero-order valence-electron chi connectivity index (χ0n) is 15.3. The summed E-state index contributed by atoms with van der Waals surface area (Å²) in [7, 11) is 0. The molecule has 3 N–H and O–H groups in total. The maximum Gasteiger partial charge on any atom is 0.293 e. The maximum absolute atomic E-state index is 13.4. The number of carbonyl (C=O) groups excluding carboxylic acids is 1. The average molecular weight is 378 g/mol. The third-order valence-electron chi connectivity index (χ3n) is 4.82. The number of nitrogens with one attached hydrogen (secondary N) is 3. The Hall–Kier alpha value is -2.48. The van der Waals surface area contributed by atoms with Gasteiger partial charge in [-0.15, -0.1) is 0 Å². The SMILES string of the molecule is CC1(CO/C(C(=O)Nc2cc(F)cc(F)c2)=C(/C=N)N2CCNCC2)CC1. The number of amides is 1. The van der Waals surface area contributed by atoms with Crippen LogP contribution < -0.4 is 10.6 Å². The van der Waals surface area contributed by atoms with Gasteiger partial charge in [-0.3, -0.25) is 4.79 Å². The van der Waals surface area contributed by atoms with Crippen LogP contribution in [0.4, 0.5) is 14.5 Å². The number of benzene rings is 1. The van der Waals surface area contributed by atoms with E-state index in [-0.39, 0.29) is 16.9 Å². The molecule has 0 bridgehead atoms. The van der Waals surface area contributed by atoms with Crippen molar-refractivity contribution >= 4 is 17.8 Å². The Morgan fingerprint density at radius 2 is 1.93 bits per heavy atom. The van der Waals surface area contributed by atoms with E-state index in [0.717, 1.165) is 50.3 Å². The van der Waals surface area contributed by atoms with Gasteiger partial charge in [0.15, 0.2) is 0 Å². The van der Waals surface area contributed by atoms with Crippen molar-refractivity contribution in [3.63, 3.8) is 0 Å². The number of nitrogens with zero attached hydrogens (tertiary/aromatic N) is 1. The Bertz CT molecular complexity index is 736. The normalized spacial score (nSPS) is 19.1. The molecule has 6 nitrogen and oxygen atoms in total. The molecule has 2 fully saturated rings. The van der Waals surface area contributed by atoms with E-state index in [0.29, 0.717) is 25.4 Å². The zero-order valence-corrected chi connectivity index (χ0v) is 15.3. The van der Waals surface area contributed by atoms with E-state index < -0.39 is 17.5 Å². The van der Waals surface area contributed by atoms with Crippen LogP contribution in [0.15, 0.2) is 29.7 Å². The van der Waals surface area contributed by atoms with Crippen LogP contribution in [0.5, 0.6) is 0 Å². The summed E-state index contributed by atoms with van der Waals surface area (Å²) in [5.74, 6) is -2.18. The molecule has 1 saturated carbocycles. The standard InChI is InChI=1S/C19H24F2N4O2/c1-19(2-3-19)12-27-17(16(11-22)25-6-4-23-5-7-25)18(26)24-15-9-13(20)8-14(21)10-15/h8-11,22-23H,2-7,12H2,1H3,(H,24,26)/b17-16-,22-11?. The van der Waals surface area contributed by atoms with Crippen molar-refractivity contribution in [1.82, 2.24) is 10.2 Å². The molecule has 1 saturated heterocycles. The Morgan fingerprint density at radius 3 is 2.48 bits per heavy atom. The molecule has 1 aromatic carbocycles. The van der Waals surface area contributed by atoms with Gasteiger partial charge >= 0.3 is 0 Å². The summed E-state index contributed by atoms with van der Waals surface area (Å²) >= 11 is 0. The molecule has 27 heavy (non-hydrogen) atoms. The van der Waals surface area contributed by atoms with Crippen LogP contribution in [-0.4, -0.2) is 49.8 Å². The third-order valence-corrected chi connectivity index (χ3v) is 4.82. The Labute approximate surface area is 157 Å². The first kappa shape index (κ1) is 19.3. The highest BCUT2D eigenvalue weighted by Crippen LogP contribution is 2.45. The number of hydrogen-bond acceptors (Lipinski definition) is 5. The molecule has 1 amide bonds. The maximum atomic E-state index is 13.4. The molecule has 0 spiro atoms. The minimum Gasteiger partial charge on any atom is -0.486 e. The number of carbonyl (C=O) groups is 1. The van der Waals surface area contributed by atoms with Gasteiger partial charge in [-0.25, -0.2) is 8.78 Å². The molecule has 146 valence electrons. The van der Waals surface area contributed by atoms with Crippen LogP contribution in [0.1, 0.15) is 19.8 Å². The molecule has 0 atom stereocenters. The predicted molar refractivity (Wildman–Crippen MR) is 98.5 cm³/mol. The number of ether oxygens (including phenoxy) is 1. The monoisotopic (exact) mass is 378 g/mol. The second-order valence-electron chi connectivity index (χ2n) is 7.31. The number of anilines is 1. The van der Waals surface area contributed by atoms with Crippen molar-refractivity contribution < 1.29 is 18.3 Å². The topological polar surface area (TPSA) is 77.5 Å². The molecule has 0 unspecified atom stereocenters. The number of halogens is 2. The van der Waals surface area contributed by atoms with E-state index in [4.69, 9.17) is 10.1 Å². The summed E-state index contributed by atoms with van der Waals surface area (Å²) in [6.07, 6.45) is 3.14. The van der Waals surface area contributed by atoms with E-state index in [9.17, 15) is 13.6 Å². The van der Waals surface area contributed by atoms with Crippen LogP contribution in [-0.2, 0) is 9.53 Å². The van der Waals surface area contributed by atoms with Gasteiger partial charge in [0, 0.05) is 49.6 Å². The highest BCUT2D eigenvalue weighted by atomic mass is 19.1. The molecular formula is C19H24F2N4O2. The minimum absolute atomic E-state index is 0.000810. The molecule has 2 aliphatic rings. The fourth-order valence-electron chi connectivity index (χ4n) is 2.88. The van der Waals surface area contributed by atoms with E-state index in [2.05, 4.69) is 17.6 Å². The molecule has 1 heterocycles. The fraction of sp³-hybridized carbons (Fsp3) is 0.474. The van der Waals surface area contributed by atoms with Gasteiger partial charge in [-0.2, -0.15) is 0 Å². The van der Waals surface area contributed by atoms with Gasteiger partial charge in [-0.1, -0.05) is 6.92 Å². The van der Waals surface area contributed by atoms with Crippen molar-refractivity contribution in [1.29, 1.82) is 5.41 Å². The van der Waals surface area contributed by atoms with E-state index in [1.807, 2.05) is 4.90 Å². The Balaban J connectivity index is 1.85. The minimum atomic E-state index is -0.781. The van der Waals surface area contributed by atoms with Crippen molar-refractivity contribution in [3.05, 3.63) is 41.3 Å². The van der Waals surface area contributed by atoms with Gasteiger partial charge < -0.3 is 25.7 Å². The number of allylic oxidation sites excluding steroid dienone is 1. The van der Waals surface area contributed by atoms with Crippen LogP contribution >= 0.6 is 0 Å². The van der Waals surface area contributed by atoms with Gasteiger partial charge in [0.05, 0.1) is 6.61 Å². The lowest BCUT2D eigenvalue weighted by atomic mass is 10.2. The van der Waals surface area contributed by atoms with Gasteiger partial charge in [0.1, 0.15) is 17.3 Å². The zero-order chi connectivity index (χ0) is 19.4. The second-order valence-corrected chi connectivity index (χ2v) is 7.31. The van der Waals surface area contributed by atoms with Gasteiger partial charge in [0.25, 0.3) is 5.91 Å². The highest BCUT2D eigenvalue weighted by Gasteiger charge is 2.39. The van der Waals surface area contributed by atoms with E-state index >= 15 is 0 Å². The molecule has 1 aliphatic heterocycles. The van der Waals surface area contributed by atoms with Crippen molar-refractivity contribution in [2.75, 3.05) is 38.1 Å². The van der Waals surface area contributed by atoms with Crippen LogP contribution in [0.3, 0.4) is 0 Å². The summed E-state index contributed by atoms with van der Waals surface area (Å²) in [6.45, 7) is 5.17. The van der Waals surface area contributed by atoms with E-state index in [1.54, 1.807) is 0 Å². The smallest absolute Gasteiger partial charge is 0.293 e. The lowest BCUT2D eigenvalue weighted by Crippen LogP contribution is -2.44. The van der Waals surface area contributed by atoms with Crippen LogP contribution in [0, 0.1) is 22.5 Å². The molecular weight excluding hydrogens is 354 g/mol. The van der Waals surface area contributed by atoms with Crippen LogP contribution in [0.25, 0.3) is 0 Å². The molecule has 0 radical (unpaired) electrons.